The van der Waals surface area contributed by atoms with Gasteiger partial charge in [0.25, 0.3) is 0 Å². The average Bonchev–Trinajstić information content (AvgIpc) is 2.46. The SMILES string of the molecule is NCc1nccn1CCC(F)(F)F. The smallest absolute Gasteiger partial charge is 0.334 e. The van der Waals surface area contributed by atoms with Crippen molar-refractivity contribution in [3.8, 4) is 0 Å². The van der Waals surface area contributed by atoms with Crippen LogP contribution in [0.3, 0.4) is 0 Å². The van der Waals surface area contributed by atoms with Gasteiger partial charge in [-0.05, 0) is 0 Å². The van der Waals surface area contributed by atoms with E-state index in [4.69, 9.17) is 5.73 Å². The van der Waals surface area contributed by atoms with E-state index >= 15 is 0 Å². The van der Waals surface area contributed by atoms with Gasteiger partial charge in [0.05, 0.1) is 13.0 Å². The number of imidazole rings is 1. The quantitative estimate of drug-likeness (QED) is 0.786. The summed E-state index contributed by atoms with van der Waals surface area (Å²) in [5.74, 6) is 0.476. The van der Waals surface area contributed by atoms with Gasteiger partial charge in [-0.25, -0.2) is 4.98 Å². The summed E-state index contributed by atoms with van der Waals surface area (Å²) in [6.45, 7) is 0.0426. The fraction of sp³-hybridized carbons (Fsp3) is 0.571. The number of nitrogens with two attached hydrogens (primary N) is 1. The number of rotatable bonds is 3. The molecule has 13 heavy (non-hydrogen) atoms. The largest absolute Gasteiger partial charge is 0.390 e. The van der Waals surface area contributed by atoms with Crippen LogP contribution in [0.4, 0.5) is 13.2 Å². The zero-order valence-corrected chi connectivity index (χ0v) is 6.88. The predicted molar refractivity (Wildman–Crippen MR) is 40.8 cm³/mol. The third-order valence-electron chi connectivity index (χ3n) is 1.62. The van der Waals surface area contributed by atoms with E-state index in [1.54, 1.807) is 0 Å². The molecule has 1 aromatic heterocycles. The molecule has 1 heterocycles. The number of aryl methyl sites for hydroxylation is 1. The van der Waals surface area contributed by atoms with Crippen LogP contribution in [0.25, 0.3) is 0 Å². The van der Waals surface area contributed by atoms with E-state index in [-0.39, 0.29) is 13.1 Å². The highest BCUT2D eigenvalue weighted by Gasteiger charge is 2.26. The molecule has 0 aliphatic carbocycles. The molecule has 0 radical (unpaired) electrons. The van der Waals surface area contributed by atoms with Crippen LogP contribution in [-0.2, 0) is 13.1 Å². The molecule has 2 N–H and O–H groups in total. The molecule has 3 nitrogen and oxygen atoms in total. The summed E-state index contributed by atoms with van der Waals surface area (Å²) < 4.78 is 36.9. The highest BCUT2D eigenvalue weighted by Crippen LogP contribution is 2.20. The van der Waals surface area contributed by atoms with E-state index in [0.717, 1.165) is 0 Å². The standard InChI is InChI=1S/C7H10F3N3/c8-7(9,10)1-3-13-4-2-12-6(13)5-11/h2,4H,1,3,5,11H2. The van der Waals surface area contributed by atoms with Crippen molar-refractivity contribution in [1.29, 1.82) is 0 Å². The Balaban J connectivity index is 2.54. The fourth-order valence-corrected chi connectivity index (χ4v) is 0.981. The van der Waals surface area contributed by atoms with Gasteiger partial charge < -0.3 is 10.3 Å². The van der Waals surface area contributed by atoms with E-state index in [1.807, 2.05) is 0 Å². The molecule has 0 amide bonds. The number of aromatic nitrogens is 2. The van der Waals surface area contributed by atoms with E-state index in [1.165, 1.54) is 17.0 Å². The first-order chi connectivity index (χ1) is 6.03. The Bertz CT molecular complexity index is 266. The fourth-order valence-electron chi connectivity index (χ4n) is 0.981. The molecule has 0 saturated carbocycles. The van der Waals surface area contributed by atoms with E-state index in [2.05, 4.69) is 4.98 Å². The minimum absolute atomic E-state index is 0.115. The molecule has 0 spiro atoms. The van der Waals surface area contributed by atoms with Gasteiger partial charge in [0.15, 0.2) is 0 Å². The van der Waals surface area contributed by atoms with Gasteiger partial charge in [0.1, 0.15) is 5.82 Å². The lowest BCUT2D eigenvalue weighted by Gasteiger charge is -2.08. The van der Waals surface area contributed by atoms with Crippen LogP contribution in [0.2, 0.25) is 0 Å². The highest BCUT2D eigenvalue weighted by molar-refractivity contribution is 4.91. The molecule has 0 fully saturated rings. The van der Waals surface area contributed by atoms with Crippen LogP contribution < -0.4 is 5.73 Å². The second-order valence-electron chi connectivity index (χ2n) is 2.61. The maximum absolute atomic E-state index is 11.8. The third-order valence-corrected chi connectivity index (χ3v) is 1.62. The third kappa shape index (κ3) is 3.06. The van der Waals surface area contributed by atoms with Crippen LogP contribution in [-0.4, -0.2) is 15.7 Å². The normalized spacial score (nSPS) is 12.0. The monoisotopic (exact) mass is 193 g/mol. The Morgan fingerprint density at radius 3 is 2.69 bits per heavy atom. The molecule has 0 aromatic carbocycles. The zero-order valence-electron chi connectivity index (χ0n) is 6.88. The molecular formula is C7H10F3N3. The lowest BCUT2D eigenvalue weighted by molar-refractivity contribution is -0.136. The molecule has 6 heteroatoms. The molecule has 0 atom stereocenters. The van der Waals surface area contributed by atoms with Crippen molar-refractivity contribution in [3.63, 3.8) is 0 Å². The van der Waals surface area contributed by atoms with Crippen LogP contribution >= 0.6 is 0 Å². The predicted octanol–water partition coefficient (Wildman–Crippen LogP) is 1.29. The summed E-state index contributed by atoms with van der Waals surface area (Å²) in [7, 11) is 0. The molecule has 1 aromatic rings. The summed E-state index contributed by atoms with van der Waals surface area (Å²) >= 11 is 0. The molecule has 0 saturated heterocycles. The van der Waals surface area contributed by atoms with Crippen molar-refractivity contribution in [2.45, 2.75) is 25.7 Å². The topological polar surface area (TPSA) is 43.8 Å². The molecule has 0 aliphatic heterocycles. The van der Waals surface area contributed by atoms with Gasteiger partial charge in [0.2, 0.25) is 0 Å². The summed E-state index contributed by atoms with van der Waals surface area (Å²) in [5, 5.41) is 0. The molecule has 1 rings (SSSR count). The van der Waals surface area contributed by atoms with Gasteiger partial charge in [0, 0.05) is 18.9 Å². The van der Waals surface area contributed by atoms with E-state index in [9.17, 15) is 13.2 Å². The molecule has 74 valence electrons. The Labute approximate surface area is 73.4 Å². The first-order valence-electron chi connectivity index (χ1n) is 3.80. The number of nitrogens with zero attached hydrogens (tertiary/aromatic N) is 2. The van der Waals surface area contributed by atoms with Crippen molar-refractivity contribution >= 4 is 0 Å². The number of hydrogen-bond donors (Lipinski definition) is 1. The zero-order chi connectivity index (χ0) is 9.90. The van der Waals surface area contributed by atoms with Crippen LogP contribution in [0.15, 0.2) is 12.4 Å². The first-order valence-corrected chi connectivity index (χ1v) is 3.80. The minimum Gasteiger partial charge on any atom is -0.334 e. The summed E-state index contributed by atoms with van der Waals surface area (Å²) in [4.78, 5) is 3.81. The Hall–Kier alpha value is -1.04. The van der Waals surface area contributed by atoms with Gasteiger partial charge in [-0.15, -0.1) is 0 Å². The van der Waals surface area contributed by atoms with E-state index < -0.39 is 12.6 Å². The molecular weight excluding hydrogens is 183 g/mol. The lowest BCUT2D eigenvalue weighted by Crippen LogP contribution is -2.14. The Morgan fingerprint density at radius 2 is 2.15 bits per heavy atom. The van der Waals surface area contributed by atoms with Crippen molar-refractivity contribution in [2.75, 3.05) is 0 Å². The minimum atomic E-state index is -4.13. The van der Waals surface area contributed by atoms with E-state index in [0.29, 0.717) is 5.82 Å². The summed E-state index contributed by atoms with van der Waals surface area (Å²) in [6, 6.07) is 0. The molecule has 0 aliphatic rings. The Morgan fingerprint density at radius 1 is 1.46 bits per heavy atom. The van der Waals surface area contributed by atoms with Gasteiger partial charge in [-0.1, -0.05) is 0 Å². The maximum atomic E-state index is 11.8. The van der Waals surface area contributed by atoms with Crippen molar-refractivity contribution < 1.29 is 13.2 Å². The lowest BCUT2D eigenvalue weighted by atomic mass is 10.4. The number of alkyl halides is 3. The number of hydrogen-bond acceptors (Lipinski definition) is 2. The Kier molecular flexibility index (Phi) is 2.92. The second-order valence-corrected chi connectivity index (χ2v) is 2.61. The van der Waals surface area contributed by atoms with Crippen molar-refractivity contribution in [1.82, 2.24) is 9.55 Å². The maximum Gasteiger partial charge on any atom is 0.390 e. The second kappa shape index (κ2) is 3.78. The van der Waals surface area contributed by atoms with Gasteiger partial charge in [-0.3, -0.25) is 0 Å². The molecule has 0 unspecified atom stereocenters. The van der Waals surface area contributed by atoms with Crippen molar-refractivity contribution in [2.24, 2.45) is 5.73 Å². The highest BCUT2D eigenvalue weighted by atomic mass is 19.4. The first kappa shape index (κ1) is 10.0. The van der Waals surface area contributed by atoms with Gasteiger partial charge >= 0.3 is 6.18 Å². The summed E-state index contributed by atoms with van der Waals surface area (Å²) in [6.07, 6.45) is -2.04. The average molecular weight is 193 g/mol. The van der Waals surface area contributed by atoms with Crippen molar-refractivity contribution in [3.05, 3.63) is 18.2 Å². The number of halogens is 3. The summed E-state index contributed by atoms with van der Waals surface area (Å²) in [5.41, 5.74) is 5.27. The van der Waals surface area contributed by atoms with Crippen LogP contribution in [0.5, 0.6) is 0 Å². The molecule has 0 bridgehead atoms. The van der Waals surface area contributed by atoms with Crippen LogP contribution in [0.1, 0.15) is 12.2 Å². The van der Waals surface area contributed by atoms with Gasteiger partial charge in [-0.2, -0.15) is 13.2 Å². The van der Waals surface area contributed by atoms with Crippen LogP contribution in [0, 0.1) is 0 Å².